The van der Waals surface area contributed by atoms with Crippen LogP contribution in [-0.2, 0) is 9.59 Å². The first-order valence-corrected chi connectivity index (χ1v) is 9.64. The molecule has 0 unspecified atom stereocenters. The van der Waals surface area contributed by atoms with Crippen molar-refractivity contribution in [3.05, 3.63) is 24.3 Å². The van der Waals surface area contributed by atoms with Crippen LogP contribution in [-0.4, -0.2) is 68.3 Å². The van der Waals surface area contributed by atoms with Crippen LogP contribution in [0.5, 0.6) is 5.75 Å². The molecule has 0 aromatic heterocycles. The molecule has 2 rings (SSSR count). The first kappa shape index (κ1) is 19.6. The van der Waals surface area contributed by atoms with E-state index >= 15 is 0 Å². The number of nitrogens with one attached hydrogen (secondary N) is 2. The van der Waals surface area contributed by atoms with Crippen LogP contribution < -0.4 is 15.0 Å². The van der Waals surface area contributed by atoms with E-state index in [2.05, 4.69) is 5.32 Å². The number of ether oxygens (including phenoxy) is 1. The summed E-state index contributed by atoms with van der Waals surface area (Å²) < 4.78 is 5.13. The average Bonchev–Trinajstić information content (AvgIpc) is 2.60. The number of carbonyl (C=O) groups excluding carboxylic acids is 2. The van der Waals surface area contributed by atoms with Crippen molar-refractivity contribution < 1.29 is 19.2 Å². The maximum atomic E-state index is 12.4. The van der Waals surface area contributed by atoms with Crippen LogP contribution in [0.15, 0.2) is 29.2 Å². The summed E-state index contributed by atoms with van der Waals surface area (Å²) in [5, 5.41) is 2.92. The van der Waals surface area contributed by atoms with Crippen LogP contribution in [0.25, 0.3) is 0 Å². The normalized spacial score (nSPS) is 15.3. The highest BCUT2D eigenvalue weighted by Crippen LogP contribution is 2.21. The number of methoxy groups -OCH3 is 1. The fourth-order valence-electron chi connectivity index (χ4n) is 2.76. The quantitative estimate of drug-likeness (QED) is 0.669. The number of piperazine rings is 1. The minimum Gasteiger partial charge on any atom is -0.497 e. The summed E-state index contributed by atoms with van der Waals surface area (Å²) in [5.41, 5.74) is 0. The molecule has 1 fully saturated rings. The SMILES string of the molecule is COc1ccc(SCC(=O)N2CC[NH+](CC(=O)NC(C)C)CC2)cc1. The lowest BCUT2D eigenvalue weighted by Crippen LogP contribution is -3.16. The molecule has 0 atom stereocenters. The monoisotopic (exact) mass is 366 g/mol. The van der Waals surface area contributed by atoms with Crippen molar-refractivity contribution in [2.45, 2.75) is 24.8 Å². The van der Waals surface area contributed by atoms with Crippen LogP contribution in [0.2, 0.25) is 0 Å². The third-order valence-electron chi connectivity index (χ3n) is 4.11. The third-order valence-corrected chi connectivity index (χ3v) is 5.10. The zero-order valence-corrected chi connectivity index (χ0v) is 16.0. The number of amides is 2. The zero-order valence-electron chi connectivity index (χ0n) is 15.2. The maximum absolute atomic E-state index is 12.4. The lowest BCUT2D eigenvalue weighted by molar-refractivity contribution is -0.896. The molecule has 7 heteroatoms. The van der Waals surface area contributed by atoms with Crippen molar-refractivity contribution in [3.8, 4) is 5.75 Å². The van der Waals surface area contributed by atoms with Crippen LogP contribution in [0.4, 0.5) is 0 Å². The Labute approximate surface area is 153 Å². The third kappa shape index (κ3) is 6.59. The van der Waals surface area contributed by atoms with Crippen molar-refractivity contribution in [2.24, 2.45) is 0 Å². The van der Waals surface area contributed by atoms with E-state index in [0.717, 1.165) is 23.7 Å². The number of hydrogen-bond donors (Lipinski definition) is 2. The minimum absolute atomic E-state index is 0.0832. The van der Waals surface area contributed by atoms with E-state index in [1.54, 1.807) is 18.9 Å². The van der Waals surface area contributed by atoms with Gasteiger partial charge in [-0.3, -0.25) is 9.59 Å². The molecule has 2 amide bonds. The first-order chi connectivity index (χ1) is 12.0. The molecule has 6 nitrogen and oxygen atoms in total. The van der Waals surface area contributed by atoms with Gasteiger partial charge in [0, 0.05) is 10.9 Å². The highest BCUT2D eigenvalue weighted by atomic mass is 32.2. The van der Waals surface area contributed by atoms with Crippen LogP contribution >= 0.6 is 11.8 Å². The second kappa shape index (κ2) is 9.68. The molecule has 1 saturated heterocycles. The van der Waals surface area contributed by atoms with Crippen LogP contribution in [0.1, 0.15) is 13.8 Å². The predicted octanol–water partition coefficient (Wildman–Crippen LogP) is 0.0390. The van der Waals surface area contributed by atoms with Gasteiger partial charge in [-0.1, -0.05) is 0 Å². The van der Waals surface area contributed by atoms with E-state index in [1.807, 2.05) is 43.0 Å². The molecule has 0 spiro atoms. The van der Waals surface area contributed by atoms with Crippen molar-refractivity contribution in [1.29, 1.82) is 0 Å². The molecule has 0 radical (unpaired) electrons. The van der Waals surface area contributed by atoms with E-state index in [-0.39, 0.29) is 17.9 Å². The van der Waals surface area contributed by atoms with E-state index in [0.29, 0.717) is 25.4 Å². The van der Waals surface area contributed by atoms with Crippen molar-refractivity contribution in [2.75, 3.05) is 45.6 Å². The number of thioether (sulfide) groups is 1. The molecule has 2 N–H and O–H groups in total. The van der Waals surface area contributed by atoms with Gasteiger partial charge in [0.2, 0.25) is 5.91 Å². The van der Waals surface area contributed by atoms with Crippen molar-refractivity contribution in [1.82, 2.24) is 10.2 Å². The predicted molar refractivity (Wildman–Crippen MR) is 99.1 cm³/mol. The van der Waals surface area contributed by atoms with Crippen LogP contribution in [0.3, 0.4) is 0 Å². The number of nitrogens with zero attached hydrogens (tertiary/aromatic N) is 1. The van der Waals surface area contributed by atoms with Gasteiger partial charge in [0.25, 0.3) is 5.91 Å². The van der Waals surface area contributed by atoms with E-state index < -0.39 is 0 Å². The number of rotatable bonds is 7. The molecule has 0 aliphatic carbocycles. The van der Waals surface area contributed by atoms with Gasteiger partial charge in [0.05, 0.1) is 39.0 Å². The summed E-state index contributed by atoms with van der Waals surface area (Å²) in [6.45, 7) is 7.49. The Morgan fingerprint density at radius 1 is 1.24 bits per heavy atom. The Morgan fingerprint density at radius 2 is 1.88 bits per heavy atom. The van der Waals surface area contributed by atoms with Gasteiger partial charge in [-0.15, -0.1) is 11.8 Å². The fraction of sp³-hybridized carbons (Fsp3) is 0.556. The Balaban J connectivity index is 1.70. The zero-order chi connectivity index (χ0) is 18.2. The summed E-state index contributed by atoms with van der Waals surface area (Å²) in [5.74, 6) is 1.50. The molecule has 0 saturated carbocycles. The molecule has 1 aliphatic heterocycles. The number of carbonyl (C=O) groups is 2. The van der Waals surface area contributed by atoms with Crippen LogP contribution in [0, 0.1) is 0 Å². The number of hydrogen-bond acceptors (Lipinski definition) is 4. The fourth-order valence-corrected chi connectivity index (χ4v) is 3.56. The standard InChI is InChI=1S/C18H27N3O3S/c1-14(2)19-17(22)12-20-8-10-21(11-9-20)18(23)13-25-16-6-4-15(24-3)5-7-16/h4-7,14H,8-13H2,1-3H3,(H,19,22)/p+1. The average molecular weight is 367 g/mol. The topological polar surface area (TPSA) is 63.1 Å². The molecule has 1 aliphatic rings. The summed E-state index contributed by atoms with van der Waals surface area (Å²) in [7, 11) is 1.64. The maximum Gasteiger partial charge on any atom is 0.275 e. The van der Waals surface area contributed by atoms with Gasteiger partial charge >= 0.3 is 0 Å². The van der Waals surface area contributed by atoms with E-state index in [1.165, 1.54) is 4.90 Å². The van der Waals surface area contributed by atoms with Crippen molar-refractivity contribution in [3.63, 3.8) is 0 Å². The number of benzene rings is 1. The molecule has 0 bridgehead atoms. The molecular formula is C18H28N3O3S+. The van der Waals surface area contributed by atoms with Gasteiger partial charge < -0.3 is 19.9 Å². The van der Waals surface area contributed by atoms with Gasteiger partial charge in [0.1, 0.15) is 5.75 Å². The first-order valence-electron chi connectivity index (χ1n) is 8.65. The van der Waals surface area contributed by atoms with E-state index in [9.17, 15) is 9.59 Å². The summed E-state index contributed by atoms with van der Waals surface area (Å²) in [6.07, 6.45) is 0. The van der Waals surface area contributed by atoms with E-state index in [4.69, 9.17) is 4.74 Å². The Morgan fingerprint density at radius 3 is 2.44 bits per heavy atom. The van der Waals surface area contributed by atoms with Gasteiger partial charge in [-0.2, -0.15) is 0 Å². The summed E-state index contributed by atoms with van der Waals surface area (Å²) in [6, 6.07) is 7.90. The molecule has 25 heavy (non-hydrogen) atoms. The second-order valence-electron chi connectivity index (χ2n) is 6.49. The summed E-state index contributed by atoms with van der Waals surface area (Å²) >= 11 is 1.54. The summed E-state index contributed by atoms with van der Waals surface area (Å²) in [4.78, 5) is 28.4. The molecule has 138 valence electrons. The Kier molecular flexibility index (Phi) is 7.58. The minimum atomic E-state index is 0.0832. The lowest BCUT2D eigenvalue weighted by Gasteiger charge is -2.32. The van der Waals surface area contributed by atoms with Gasteiger partial charge in [-0.25, -0.2) is 0 Å². The highest BCUT2D eigenvalue weighted by molar-refractivity contribution is 8.00. The highest BCUT2D eigenvalue weighted by Gasteiger charge is 2.25. The molecule has 1 heterocycles. The van der Waals surface area contributed by atoms with Crippen molar-refractivity contribution >= 4 is 23.6 Å². The number of quaternary nitrogens is 1. The molecule has 1 aromatic carbocycles. The Hall–Kier alpha value is -1.73. The van der Waals surface area contributed by atoms with Gasteiger partial charge in [-0.05, 0) is 38.1 Å². The largest absolute Gasteiger partial charge is 0.497 e. The molecule has 1 aromatic rings. The van der Waals surface area contributed by atoms with Gasteiger partial charge in [0.15, 0.2) is 6.54 Å². The second-order valence-corrected chi connectivity index (χ2v) is 7.54. The molecular weight excluding hydrogens is 338 g/mol. The smallest absolute Gasteiger partial charge is 0.275 e. The Bertz CT molecular complexity index is 569. The lowest BCUT2D eigenvalue weighted by atomic mass is 10.3.